The van der Waals surface area contributed by atoms with Crippen molar-refractivity contribution in [2.24, 2.45) is 10.9 Å². The average molecular weight is 325 g/mol. The third kappa shape index (κ3) is 4.64. The van der Waals surface area contributed by atoms with Gasteiger partial charge in [-0.3, -0.25) is 4.99 Å². The maximum atomic E-state index is 13.3. The summed E-state index contributed by atoms with van der Waals surface area (Å²) in [5.74, 6) is -0.189. The van der Waals surface area contributed by atoms with Crippen LogP contribution in [0.2, 0.25) is 0 Å². The van der Waals surface area contributed by atoms with Crippen LogP contribution in [0, 0.1) is 17.6 Å². The van der Waals surface area contributed by atoms with E-state index < -0.39 is 11.6 Å². The first-order valence-corrected chi connectivity index (χ1v) is 7.94. The molecule has 128 valence electrons. The number of aliphatic imine (C=N–C) groups is 1. The van der Waals surface area contributed by atoms with E-state index >= 15 is 0 Å². The summed E-state index contributed by atoms with van der Waals surface area (Å²) in [6, 6.07) is 4.05. The highest BCUT2D eigenvalue weighted by molar-refractivity contribution is 5.80. The summed E-state index contributed by atoms with van der Waals surface area (Å²) in [6.45, 7) is 5.23. The van der Waals surface area contributed by atoms with E-state index in [0.717, 1.165) is 37.6 Å². The Bertz CT molecular complexity index is 551. The van der Waals surface area contributed by atoms with Gasteiger partial charge in [-0.25, -0.2) is 8.78 Å². The van der Waals surface area contributed by atoms with Crippen LogP contribution in [0.15, 0.2) is 23.2 Å². The summed E-state index contributed by atoms with van der Waals surface area (Å²) in [5, 5.41) is 3.33. The molecule has 1 aliphatic rings. The van der Waals surface area contributed by atoms with Crippen molar-refractivity contribution in [2.45, 2.75) is 19.3 Å². The SMILES string of the molecule is CN=C(NCC(C)c1ccc(F)c(F)c1)N1CCC(COC)C1. The van der Waals surface area contributed by atoms with Gasteiger partial charge in [-0.15, -0.1) is 0 Å². The summed E-state index contributed by atoms with van der Waals surface area (Å²) >= 11 is 0. The van der Waals surface area contributed by atoms with Gasteiger partial charge in [0.15, 0.2) is 17.6 Å². The van der Waals surface area contributed by atoms with Crippen molar-refractivity contribution >= 4 is 5.96 Å². The molecule has 1 aliphatic heterocycles. The molecule has 1 heterocycles. The number of methoxy groups -OCH3 is 1. The highest BCUT2D eigenvalue weighted by Gasteiger charge is 2.24. The van der Waals surface area contributed by atoms with Crippen molar-refractivity contribution in [3.8, 4) is 0 Å². The van der Waals surface area contributed by atoms with E-state index in [2.05, 4.69) is 15.2 Å². The number of hydrogen-bond donors (Lipinski definition) is 1. The van der Waals surface area contributed by atoms with E-state index in [4.69, 9.17) is 4.74 Å². The Kier molecular flexibility index (Phi) is 6.33. The van der Waals surface area contributed by atoms with Gasteiger partial charge in [-0.2, -0.15) is 0 Å². The van der Waals surface area contributed by atoms with E-state index in [-0.39, 0.29) is 5.92 Å². The highest BCUT2D eigenvalue weighted by atomic mass is 19.2. The lowest BCUT2D eigenvalue weighted by atomic mass is 10.0. The monoisotopic (exact) mass is 325 g/mol. The second-order valence-electron chi connectivity index (χ2n) is 6.06. The van der Waals surface area contributed by atoms with Crippen LogP contribution in [0.25, 0.3) is 0 Å². The largest absolute Gasteiger partial charge is 0.384 e. The van der Waals surface area contributed by atoms with Gasteiger partial charge < -0.3 is 15.0 Å². The molecule has 0 spiro atoms. The standard InChI is InChI=1S/C17H25F2N3O/c1-12(14-4-5-15(18)16(19)8-14)9-21-17(20-2)22-7-6-13(10-22)11-23-3/h4-5,8,12-13H,6-7,9-11H2,1-3H3,(H,20,21). The van der Waals surface area contributed by atoms with E-state index in [0.29, 0.717) is 12.5 Å². The lowest BCUT2D eigenvalue weighted by molar-refractivity contribution is 0.157. The number of hydrogen-bond acceptors (Lipinski definition) is 2. The van der Waals surface area contributed by atoms with Crippen LogP contribution in [0.1, 0.15) is 24.8 Å². The minimum absolute atomic E-state index is 0.0548. The molecule has 6 heteroatoms. The zero-order valence-electron chi connectivity index (χ0n) is 14.0. The summed E-state index contributed by atoms with van der Waals surface area (Å²) in [7, 11) is 3.48. The molecular formula is C17H25F2N3O. The highest BCUT2D eigenvalue weighted by Crippen LogP contribution is 2.19. The smallest absolute Gasteiger partial charge is 0.193 e. The molecule has 0 aliphatic carbocycles. The van der Waals surface area contributed by atoms with Gasteiger partial charge in [0.25, 0.3) is 0 Å². The fraction of sp³-hybridized carbons (Fsp3) is 0.588. The average Bonchev–Trinajstić information content (AvgIpc) is 2.99. The Labute approximate surface area is 136 Å². The van der Waals surface area contributed by atoms with Crippen molar-refractivity contribution in [3.05, 3.63) is 35.4 Å². The van der Waals surface area contributed by atoms with Crippen molar-refractivity contribution in [1.82, 2.24) is 10.2 Å². The summed E-state index contributed by atoms with van der Waals surface area (Å²) < 4.78 is 31.5. The molecule has 4 nitrogen and oxygen atoms in total. The fourth-order valence-electron chi connectivity index (χ4n) is 2.91. The molecule has 1 saturated heterocycles. The van der Waals surface area contributed by atoms with Crippen LogP contribution < -0.4 is 5.32 Å². The molecule has 2 atom stereocenters. The minimum Gasteiger partial charge on any atom is -0.384 e. The Balaban J connectivity index is 1.89. The molecule has 1 N–H and O–H groups in total. The number of nitrogens with one attached hydrogen (secondary N) is 1. The second-order valence-corrected chi connectivity index (χ2v) is 6.06. The number of halogens is 2. The molecule has 0 radical (unpaired) electrons. The molecule has 1 aromatic carbocycles. The minimum atomic E-state index is -0.814. The molecule has 1 fully saturated rings. The van der Waals surface area contributed by atoms with Crippen LogP contribution in [0.5, 0.6) is 0 Å². The van der Waals surface area contributed by atoms with Gasteiger partial charge in [0.2, 0.25) is 0 Å². The predicted octanol–water partition coefficient (Wildman–Crippen LogP) is 2.61. The lowest BCUT2D eigenvalue weighted by Crippen LogP contribution is -2.41. The van der Waals surface area contributed by atoms with Crippen LogP contribution in [0.3, 0.4) is 0 Å². The Morgan fingerprint density at radius 2 is 2.22 bits per heavy atom. The van der Waals surface area contributed by atoms with E-state index in [9.17, 15) is 8.78 Å². The molecule has 2 rings (SSSR count). The first-order valence-electron chi connectivity index (χ1n) is 7.94. The maximum Gasteiger partial charge on any atom is 0.193 e. The Morgan fingerprint density at radius 1 is 1.43 bits per heavy atom. The second kappa shape index (κ2) is 8.24. The third-order valence-electron chi connectivity index (χ3n) is 4.28. The van der Waals surface area contributed by atoms with Crippen molar-refractivity contribution < 1.29 is 13.5 Å². The van der Waals surface area contributed by atoms with Crippen molar-refractivity contribution in [2.75, 3.05) is 40.4 Å². The van der Waals surface area contributed by atoms with Crippen LogP contribution in [-0.2, 0) is 4.74 Å². The number of rotatable bonds is 5. The Hall–Kier alpha value is -1.69. The normalized spacial score (nSPS) is 20.0. The van der Waals surface area contributed by atoms with Crippen LogP contribution >= 0.6 is 0 Å². The molecule has 2 unspecified atom stereocenters. The zero-order valence-corrected chi connectivity index (χ0v) is 14.0. The first kappa shape index (κ1) is 17.7. The van der Waals surface area contributed by atoms with Gasteiger partial charge in [0.05, 0.1) is 6.61 Å². The summed E-state index contributed by atoms with van der Waals surface area (Å²) in [5.41, 5.74) is 0.769. The molecule has 0 aromatic heterocycles. The summed E-state index contributed by atoms with van der Waals surface area (Å²) in [4.78, 5) is 6.53. The van der Waals surface area contributed by atoms with E-state index in [1.807, 2.05) is 6.92 Å². The van der Waals surface area contributed by atoms with Crippen LogP contribution in [0.4, 0.5) is 8.78 Å². The molecule has 0 amide bonds. The van der Waals surface area contributed by atoms with Gasteiger partial charge in [0.1, 0.15) is 0 Å². The van der Waals surface area contributed by atoms with E-state index in [1.165, 1.54) is 12.1 Å². The van der Waals surface area contributed by atoms with Gasteiger partial charge in [-0.1, -0.05) is 13.0 Å². The molecule has 0 saturated carbocycles. The lowest BCUT2D eigenvalue weighted by Gasteiger charge is -2.23. The van der Waals surface area contributed by atoms with Gasteiger partial charge in [-0.05, 0) is 30.0 Å². The number of guanidine groups is 1. The van der Waals surface area contributed by atoms with Crippen molar-refractivity contribution in [3.63, 3.8) is 0 Å². The first-order chi connectivity index (χ1) is 11.0. The molecular weight excluding hydrogens is 300 g/mol. The fourth-order valence-corrected chi connectivity index (χ4v) is 2.91. The van der Waals surface area contributed by atoms with Gasteiger partial charge in [0, 0.05) is 39.7 Å². The Morgan fingerprint density at radius 3 is 2.87 bits per heavy atom. The van der Waals surface area contributed by atoms with Crippen molar-refractivity contribution in [1.29, 1.82) is 0 Å². The predicted molar refractivity (Wildman–Crippen MR) is 87.7 cm³/mol. The topological polar surface area (TPSA) is 36.9 Å². The number of benzene rings is 1. The zero-order chi connectivity index (χ0) is 16.8. The maximum absolute atomic E-state index is 13.3. The molecule has 0 bridgehead atoms. The number of ether oxygens (including phenoxy) is 1. The summed E-state index contributed by atoms with van der Waals surface area (Å²) in [6.07, 6.45) is 1.09. The quantitative estimate of drug-likeness (QED) is 0.668. The van der Waals surface area contributed by atoms with Crippen LogP contribution in [-0.4, -0.2) is 51.3 Å². The van der Waals surface area contributed by atoms with Gasteiger partial charge >= 0.3 is 0 Å². The van der Waals surface area contributed by atoms with E-state index in [1.54, 1.807) is 20.2 Å². The molecule has 23 heavy (non-hydrogen) atoms. The number of nitrogens with zero attached hydrogens (tertiary/aromatic N) is 2. The third-order valence-corrected chi connectivity index (χ3v) is 4.28. The molecule has 1 aromatic rings. The number of likely N-dealkylation sites (tertiary alicyclic amines) is 1.